The number of fused-ring (bicyclic) bond motifs is 2. The molecule has 0 aliphatic rings. The average molecular weight is 284 g/mol. The van der Waals surface area contributed by atoms with E-state index in [2.05, 4.69) is 0 Å². The summed E-state index contributed by atoms with van der Waals surface area (Å²) in [4.78, 5) is 0. The molecule has 0 aliphatic heterocycles. The highest BCUT2D eigenvalue weighted by atomic mass is 35.5. The molecule has 0 radical (unpaired) electrons. The number of benzene rings is 2. The molecule has 2 aromatic carbocycles. The van der Waals surface area contributed by atoms with Crippen LogP contribution < -0.4 is 0 Å². The lowest BCUT2D eigenvalue weighted by molar-refractivity contribution is 0.600. The summed E-state index contributed by atoms with van der Waals surface area (Å²) in [6, 6.07) is 10.2. The van der Waals surface area contributed by atoms with Crippen molar-refractivity contribution in [2.75, 3.05) is 0 Å². The molecule has 2 nitrogen and oxygen atoms in total. The molecule has 0 N–H and O–H groups in total. The third kappa shape index (κ3) is 1.83. The van der Waals surface area contributed by atoms with Gasteiger partial charge in [0.1, 0.15) is 0 Å². The van der Waals surface area contributed by atoms with E-state index in [1.807, 2.05) is 0 Å². The van der Waals surface area contributed by atoms with Crippen molar-refractivity contribution in [2.24, 2.45) is 0 Å². The zero-order valence-electron chi connectivity index (χ0n) is 8.48. The Morgan fingerprint density at radius 3 is 1.82 bits per heavy atom. The first-order chi connectivity index (χ1) is 8.15. The molecule has 0 fully saturated rings. The van der Waals surface area contributed by atoms with Gasteiger partial charge >= 0.3 is 7.41 Å². The first kappa shape index (κ1) is 11.0. The molecule has 3 aromatic rings. The highest BCUT2D eigenvalue weighted by Gasteiger charge is 2.18. The van der Waals surface area contributed by atoms with Crippen molar-refractivity contribution < 1.29 is 8.98 Å². The minimum Gasteiger partial charge on any atom is -0.448 e. The maximum atomic E-state index is 12.4. The van der Waals surface area contributed by atoms with E-state index < -0.39 is 7.41 Å². The molecule has 1 aromatic heterocycles. The summed E-state index contributed by atoms with van der Waals surface area (Å²) in [5.74, 6) is 0. The van der Waals surface area contributed by atoms with Crippen LogP contribution in [-0.4, -0.2) is 0 Å². The Hall–Kier alpha value is -1.08. The summed E-state index contributed by atoms with van der Waals surface area (Å²) >= 11 is 11.8. The monoisotopic (exact) mass is 283 g/mol. The second-order valence-corrected chi connectivity index (χ2v) is 6.05. The summed E-state index contributed by atoms with van der Waals surface area (Å²) < 4.78 is 18.0. The molecule has 0 saturated heterocycles. The van der Waals surface area contributed by atoms with Crippen LogP contribution in [0.4, 0.5) is 0 Å². The van der Waals surface area contributed by atoms with Crippen LogP contribution in [0.25, 0.3) is 21.4 Å². The number of halogens is 2. The Balaban J connectivity index is 2.58. The molecule has 0 unspecified atom stereocenters. The fourth-order valence-corrected chi connectivity index (χ4v) is 3.63. The summed E-state index contributed by atoms with van der Waals surface area (Å²) in [5.41, 5.74) is 1.18. The summed E-state index contributed by atoms with van der Waals surface area (Å²) in [6.07, 6.45) is 0. The minimum absolute atomic E-state index is 0.543. The molecule has 0 saturated carbocycles. The second kappa shape index (κ2) is 3.99. The van der Waals surface area contributed by atoms with Crippen molar-refractivity contribution in [3.05, 3.63) is 46.4 Å². The van der Waals surface area contributed by atoms with E-state index in [9.17, 15) is 4.57 Å². The summed E-state index contributed by atoms with van der Waals surface area (Å²) in [6.45, 7) is 0. The lowest BCUT2D eigenvalue weighted by Crippen LogP contribution is -1.74. The molecular weight excluding hydrogens is 278 g/mol. The van der Waals surface area contributed by atoms with Crippen LogP contribution in [0.3, 0.4) is 0 Å². The van der Waals surface area contributed by atoms with Gasteiger partial charge in [0, 0.05) is 22.2 Å². The van der Waals surface area contributed by atoms with Gasteiger partial charge in [-0.25, -0.2) is 0 Å². The molecular formula is C12H6Cl2O2P+. The zero-order chi connectivity index (χ0) is 12.0. The van der Waals surface area contributed by atoms with Gasteiger partial charge in [-0.15, -0.1) is 0 Å². The van der Waals surface area contributed by atoms with E-state index in [1.54, 1.807) is 36.4 Å². The van der Waals surface area contributed by atoms with Gasteiger partial charge in [-0.2, -0.15) is 0 Å². The topological polar surface area (TPSA) is 30.2 Å². The zero-order valence-corrected chi connectivity index (χ0v) is 10.9. The minimum atomic E-state index is -1.70. The predicted octanol–water partition coefficient (Wildman–Crippen LogP) is 5.64. The third-order valence-corrected chi connectivity index (χ3v) is 4.54. The molecule has 0 atom stereocenters. The van der Waals surface area contributed by atoms with Gasteiger partial charge in [0.2, 0.25) is 10.2 Å². The second-order valence-electron chi connectivity index (χ2n) is 3.62. The van der Waals surface area contributed by atoms with Gasteiger partial charge < -0.3 is 4.42 Å². The Bertz CT molecular complexity index is 732. The van der Waals surface area contributed by atoms with Crippen LogP contribution in [0.5, 0.6) is 0 Å². The molecule has 84 valence electrons. The lowest BCUT2D eigenvalue weighted by atomic mass is 10.3. The van der Waals surface area contributed by atoms with Gasteiger partial charge in [-0.1, -0.05) is 27.8 Å². The first-order valence-electron chi connectivity index (χ1n) is 4.89. The Morgan fingerprint density at radius 2 is 1.35 bits per heavy atom. The van der Waals surface area contributed by atoms with Gasteiger partial charge in [0.05, 0.1) is 0 Å². The average Bonchev–Trinajstić information content (AvgIpc) is 2.32. The number of hydrogen-bond donors (Lipinski definition) is 0. The third-order valence-electron chi connectivity index (χ3n) is 2.50. The fraction of sp³-hybridized carbons (Fsp3) is 0. The molecule has 0 bridgehead atoms. The van der Waals surface area contributed by atoms with Crippen molar-refractivity contribution in [3.63, 3.8) is 0 Å². The predicted molar refractivity (Wildman–Crippen MR) is 71.3 cm³/mol. The maximum Gasteiger partial charge on any atom is 0.423 e. The highest BCUT2D eigenvalue weighted by Crippen LogP contribution is 2.39. The van der Waals surface area contributed by atoms with Gasteiger partial charge in [-0.3, -0.25) is 0 Å². The van der Waals surface area contributed by atoms with E-state index in [4.69, 9.17) is 27.6 Å². The Labute approximate surface area is 107 Å². The molecule has 5 heteroatoms. The summed E-state index contributed by atoms with van der Waals surface area (Å²) in [5, 5.41) is 2.31. The molecule has 0 spiro atoms. The van der Waals surface area contributed by atoms with E-state index >= 15 is 0 Å². The van der Waals surface area contributed by atoms with Crippen molar-refractivity contribution in [3.8, 4) is 0 Å². The standard InChI is InChI=1S/C12H6Cl2O2P/c13-7-1-3-9-11(5-7)17(15)12-6-8(14)2-4-10(12)16-9/h1-6H/q+1. The SMILES string of the molecule is O=[p+]1c2cc(Cl)ccc2oc2ccc(Cl)cc21. The van der Waals surface area contributed by atoms with Gasteiger partial charge in [-0.05, 0) is 24.3 Å². The van der Waals surface area contributed by atoms with E-state index in [0.29, 0.717) is 31.4 Å². The van der Waals surface area contributed by atoms with Crippen LogP contribution >= 0.6 is 30.6 Å². The van der Waals surface area contributed by atoms with Gasteiger partial charge in [0.15, 0.2) is 11.2 Å². The number of hydrogen-bond acceptors (Lipinski definition) is 2. The van der Waals surface area contributed by atoms with Crippen LogP contribution in [-0.2, 0) is 4.57 Å². The molecule has 0 amide bonds. The fourth-order valence-electron chi connectivity index (χ4n) is 1.72. The van der Waals surface area contributed by atoms with Crippen LogP contribution in [0.2, 0.25) is 10.0 Å². The molecule has 1 heterocycles. The van der Waals surface area contributed by atoms with E-state index in [-0.39, 0.29) is 0 Å². The maximum absolute atomic E-state index is 12.4. The van der Waals surface area contributed by atoms with Crippen molar-refractivity contribution in [2.45, 2.75) is 0 Å². The van der Waals surface area contributed by atoms with E-state index in [0.717, 1.165) is 0 Å². The van der Waals surface area contributed by atoms with Crippen LogP contribution in [0.1, 0.15) is 0 Å². The highest BCUT2D eigenvalue weighted by molar-refractivity contribution is 7.48. The molecule has 0 aliphatic carbocycles. The smallest absolute Gasteiger partial charge is 0.423 e. The lowest BCUT2D eigenvalue weighted by Gasteiger charge is -1.95. The van der Waals surface area contributed by atoms with Gasteiger partial charge in [0.25, 0.3) is 0 Å². The normalized spacial score (nSPS) is 11.2. The van der Waals surface area contributed by atoms with Crippen molar-refractivity contribution in [1.82, 2.24) is 0 Å². The Kier molecular flexibility index (Phi) is 2.59. The number of rotatable bonds is 0. The molecule has 3 rings (SSSR count). The molecule has 17 heavy (non-hydrogen) atoms. The largest absolute Gasteiger partial charge is 0.448 e. The van der Waals surface area contributed by atoms with Crippen LogP contribution in [0, 0.1) is 0 Å². The quantitative estimate of drug-likeness (QED) is 0.500. The first-order valence-corrected chi connectivity index (χ1v) is 6.91. The van der Waals surface area contributed by atoms with E-state index in [1.165, 1.54) is 0 Å². The summed E-state index contributed by atoms with van der Waals surface area (Å²) in [7, 11) is -1.70. The van der Waals surface area contributed by atoms with Crippen molar-refractivity contribution >= 4 is 52.0 Å². The Morgan fingerprint density at radius 1 is 0.882 bits per heavy atom. The van der Waals surface area contributed by atoms with Crippen molar-refractivity contribution in [1.29, 1.82) is 0 Å². The van der Waals surface area contributed by atoms with Crippen LogP contribution in [0.15, 0.2) is 40.8 Å².